The zero-order valence-corrected chi connectivity index (χ0v) is 13.7. The molecule has 0 spiro atoms. The minimum Gasteiger partial charge on any atom is -0.497 e. The molecule has 0 N–H and O–H groups in total. The summed E-state index contributed by atoms with van der Waals surface area (Å²) in [5.41, 5.74) is 0.622. The highest BCUT2D eigenvalue weighted by molar-refractivity contribution is 5.95. The Hall–Kier alpha value is -3.41. The first-order valence-corrected chi connectivity index (χ1v) is 7.34. The maximum Gasteiger partial charge on any atom is 0.347 e. The number of carbonyl (C=O) groups excluding carboxylic acids is 3. The fourth-order valence-corrected chi connectivity index (χ4v) is 2.04. The molecule has 0 fully saturated rings. The monoisotopic (exact) mass is 340 g/mol. The van der Waals surface area contributed by atoms with Crippen molar-refractivity contribution in [2.75, 3.05) is 7.11 Å². The Labute approximate surface area is 144 Å². The van der Waals surface area contributed by atoms with E-state index >= 15 is 0 Å². The molecule has 6 nitrogen and oxygen atoms in total. The lowest BCUT2D eigenvalue weighted by Gasteiger charge is -2.11. The fraction of sp³-hybridized carbons (Fsp3) is 0.105. The molecule has 2 rings (SSSR count). The quantitative estimate of drug-likeness (QED) is 0.348. The van der Waals surface area contributed by atoms with Crippen molar-refractivity contribution in [3.8, 4) is 17.2 Å². The highest BCUT2D eigenvalue weighted by Gasteiger charge is 2.17. The van der Waals surface area contributed by atoms with Gasteiger partial charge in [-0.2, -0.15) is 0 Å². The SMILES string of the molecule is COc1ccc(/C=C/C=O)c(OC(=O)c2ccccc2OC(C)=O)c1. The number of hydrogen-bond donors (Lipinski definition) is 0. The van der Waals surface area contributed by atoms with Crippen LogP contribution in [0.15, 0.2) is 48.5 Å². The Balaban J connectivity index is 2.36. The average Bonchev–Trinajstić information content (AvgIpc) is 2.60. The maximum absolute atomic E-state index is 12.5. The van der Waals surface area contributed by atoms with Crippen LogP contribution >= 0.6 is 0 Å². The predicted molar refractivity (Wildman–Crippen MR) is 90.8 cm³/mol. The molecule has 0 saturated heterocycles. The van der Waals surface area contributed by atoms with E-state index in [1.807, 2.05) is 0 Å². The van der Waals surface area contributed by atoms with Gasteiger partial charge in [-0.25, -0.2) is 4.79 Å². The number of hydrogen-bond acceptors (Lipinski definition) is 6. The molecule has 6 heteroatoms. The van der Waals surface area contributed by atoms with Gasteiger partial charge in [0.2, 0.25) is 0 Å². The lowest BCUT2D eigenvalue weighted by atomic mass is 10.1. The van der Waals surface area contributed by atoms with Gasteiger partial charge in [0.25, 0.3) is 0 Å². The molecule has 128 valence electrons. The zero-order chi connectivity index (χ0) is 18.2. The molecule has 2 aromatic rings. The van der Waals surface area contributed by atoms with Crippen molar-refractivity contribution in [1.29, 1.82) is 0 Å². The van der Waals surface area contributed by atoms with Crippen LogP contribution in [-0.2, 0) is 9.59 Å². The zero-order valence-electron chi connectivity index (χ0n) is 13.7. The second-order valence-electron chi connectivity index (χ2n) is 4.88. The van der Waals surface area contributed by atoms with Crippen LogP contribution in [0.4, 0.5) is 0 Å². The Morgan fingerprint density at radius 2 is 1.76 bits per heavy atom. The summed E-state index contributed by atoms with van der Waals surface area (Å²) < 4.78 is 15.6. The van der Waals surface area contributed by atoms with E-state index in [1.54, 1.807) is 24.3 Å². The van der Waals surface area contributed by atoms with E-state index in [0.717, 1.165) is 0 Å². The van der Waals surface area contributed by atoms with Crippen molar-refractivity contribution in [3.05, 3.63) is 59.7 Å². The minimum atomic E-state index is -0.703. The largest absolute Gasteiger partial charge is 0.497 e. The van der Waals surface area contributed by atoms with Gasteiger partial charge in [-0.1, -0.05) is 12.1 Å². The summed E-state index contributed by atoms with van der Waals surface area (Å²) in [6.45, 7) is 1.24. The molecule has 0 bridgehead atoms. The molecular formula is C19H16O6. The lowest BCUT2D eigenvalue weighted by molar-refractivity contribution is -0.131. The molecule has 0 amide bonds. The van der Waals surface area contributed by atoms with Gasteiger partial charge in [-0.15, -0.1) is 0 Å². The van der Waals surface area contributed by atoms with Crippen LogP contribution in [0.1, 0.15) is 22.8 Å². The Morgan fingerprint density at radius 1 is 1.00 bits per heavy atom. The molecule has 25 heavy (non-hydrogen) atoms. The van der Waals surface area contributed by atoms with Crippen molar-refractivity contribution >= 4 is 24.3 Å². The van der Waals surface area contributed by atoms with E-state index in [-0.39, 0.29) is 17.1 Å². The van der Waals surface area contributed by atoms with Gasteiger partial charge in [0.05, 0.1) is 7.11 Å². The molecule has 0 radical (unpaired) electrons. The maximum atomic E-state index is 12.5. The highest BCUT2D eigenvalue weighted by Crippen LogP contribution is 2.28. The van der Waals surface area contributed by atoms with Gasteiger partial charge < -0.3 is 14.2 Å². The van der Waals surface area contributed by atoms with Gasteiger partial charge in [0, 0.05) is 18.6 Å². The highest BCUT2D eigenvalue weighted by atomic mass is 16.6. The topological polar surface area (TPSA) is 78.9 Å². The Bertz CT molecular complexity index is 822. The second-order valence-corrected chi connectivity index (χ2v) is 4.88. The number of esters is 2. The first-order valence-electron chi connectivity index (χ1n) is 7.34. The summed E-state index contributed by atoms with van der Waals surface area (Å²) >= 11 is 0. The average molecular weight is 340 g/mol. The van der Waals surface area contributed by atoms with Gasteiger partial charge in [0.1, 0.15) is 29.1 Å². The van der Waals surface area contributed by atoms with Crippen molar-refractivity contribution < 1.29 is 28.6 Å². The first-order chi connectivity index (χ1) is 12.0. The van der Waals surface area contributed by atoms with Crippen LogP contribution in [-0.4, -0.2) is 25.3 Å². The smallest absolute Gasteiger partial charge is 0.347 e. The third kappa shape index (κ3) is 4.78. The van der Waals surface area contributed by atoms with Crippen LogP contribution in [0, 0.1) is 0 Å². The van der Waals surface area contributed by atoms with E-state index in [2.05, 4.69) is 0 Å². The molecule has 0 saturated carbocycles. The van der Waals surface area contributed by atoms with Crippen LogP contribution in [0.3, 0.4) is 0 Å². The molecule has 0 aromatic heterocycles. The summed E-state index contributed by atoms with van der Waals surface area (Å²) in [5, 5.41) is 0. The molecule has 0 aliphatic rings. The molecular weight excluding hydrogens is 324 g/mol. The van der Waals surface area contributed by atoms with Gasteiger partial charge in [-0.3, -0.25) is 9.59 Å². The van der Waals surface area contributed by atoms with E-state index < -0.39 is 11.9 Å². The molecule has 2 aromatic carbocycles. The molecule has 0 atom stereocenters. The summed E-state index contributed by atoms with van der Waals surface area (Å²) in [5.74, 6) is -0.450. The number of benzene rings is 2. The molecule has 0 aliphatic carbocycles. The van der Waals surface area contributed by atoms with Crippen LogP contribution < -0.4 is 14.2 Å². The summed E-state index contributed by atoms with van der Waals surface area (Å²) in [6.07, 6.45) is 3.41. The van der Waals surface area contributed by atoms with Crippen molar-refractivity contribution in [2.45, 2.75) is 6.92 Å². The molecule has 0 heterocycles. The van der Waals surface area contributed by atoms with E-state index in [4.69, 9.17) is 14.2 Å². The summed E-state index contributed by atoms with van der Waals surface area (Å²) in [4.78, 5) is 34.2. The molecule has 0 unspecified atom stereocenters. The van der Waals surface area contributed by atoms with Crippen LogP contribution in [0.5, 0.6) is 17.2 Å². The predicted octanol–water partition coefficient (Wildman–Crippen LogP) is 3.05. The van der Waals surface area contributed by atoms with E-state index in [1.165, 1.54) is 44.4 Å². The van der Waals surface area contributed by atoms with Gasteiger partial charge in [-0.05, 0) is 36.4 Å². The lowest BCUT2D eigenvalue weighted by Crippen LogP contribution is -2.13. The van der Waals surface area contributed by atoms with Gasteiger partial charge in [0.15, 0.2) is 0 Å². The van der Waals surface area contributed by atoms with E-state index in [9.17, 15) is 14.4 Å². The number of carbonyl (C=O) groups is 3. The normalized spacial score (nSPS) is 10.3. The minimum absolute atomic E-state index is 0.103. The van der Waals surface area contributed by atoms with E-state index in [0.29, 0.717) is 17.6 Å². The summed E-state index contributed by atoms with van der Waals surface area (Å²) in [6, 6.07) is 11.1. The number of aldehydes is 1. The Morgan fingerprint density at radius 3 is 2.44 bits per heavy atom. The fourth-order valence-electron chi connectivity index (χ4n) is 2.04. The standard InChI is InChI=1S/C19H16O6/c1-13(21)24-17-8-4-3-7-16(17)19(22)25-18-12-15(23-2)10-9-14(18)6-5-11-20/h3-12H,1-2H3/b6-5+. The number of para-hydroxylation sites is 1. The second kappa shape index (κ2) is 8.44. The number of rotatable bonds is 6. The number of methoxy groups -OCH3 is 1. The molecule has 0 aliphatic heterocycles. The summed E-state index contributed by atoms with van der Waals surface area (Å²) in [7, 11) is 1.48. The Kier molecular flexibility index (Phi) is 6.06. The van der Waals surface area contributed by atoms with Crippen molar-refractivity contribution in [3.63, 3.8) is 0 Å². The third-order valence-electron chi connectivity index (χ3n) is 3.14. The first kappa shape index (κ1) is 17.9. The number of ether oxygens (including phenoxy) is 3. The third-order valence-corrected chi connectivity index (χ3v) is 3.14. The number of allylic oxidation sites excluding steroid dienone is 1. The van der Waals surface area contributed by atoms with Crippen LogP contribution in [0.2, 0.25) is 0 Å². The van der Waals surface area contributed by atoms with Crippen molar-refractivity contribution in [1.82, 2.24) is 0 Å². The van der Waals surface area contributed by atoms with Crippen molar-refractivity contribution in [2.24, 2.45) is 0 Å². The van der Waals surface area contributed by atoms with Crippen LogP contribution in [0.25, 0.3) is 6.08 Å². The van der Waals surface area contributed by atoms with Gasteiger partial charge >= 0.3 is 11.9 Å².